The molecule has 0 heterocycles. The van der Waals surface area contributed by atoms with E-state index in [-0.39, 0.29) is 5.75 Å². The maximum absolute atomic E-state index is 10.2. The van der Waals surface area contributed by atoms with Crippen molar-refractivity contribution in [3.8, 4) is 16.9 Å². The second kappa shape index (κ2) is 8.57. The summed E-state index contributed by atoms with van der Waals surface area (Å²) in [4.78, 5) is 0. The molecule has 3 heteroatoms. The van der Waals surface area contributed by atoms with E-state index in [4.69, 9.17) is 5.84 Å². The molecule has 0 saturated heterocycles. The molecule has 0 fully saturated rings. The fraction of sp³-hybridized carbons (Fsp3) is 0.368. The first kappa shape index (κ1) is 18.2. The van der Waals surface area contributed by atoms with E-state index in [9.17, 15) is 5.11 Å². The van der Waals surface area contributed by atoms with E-state index >= 15 is 0 Å². The summed E-state index contributed by atoms with van der Waals surface area (Å²) in [5.41, 5.74) is 5.56. The molecule has 0 atom stereocenters. The molecule has 120 valence electrons. The number of nitrogens with one attached hydrogen (secondary N) is 1. The van der Waals surface area contributed by atoms with E-state index in [1.54, 1.807) is 6.07 Å². The van der Waals surface area contributed by atoms with Gasteiger partial charge in [-0.15, -0.1) is 0 Å². The van der Waals surface area contributed by atoms with E-state index in [0.717, 1.165) is 29.5 Å². The predicted octanol–water partition coefficient (Wildman–Crippen LogP) is 4.56. The number of hydrogen-bond donors (Lipinski definition) is 3. The summed E-state index contributed by atoms with van der Waals surface area (Å²) in [5, 5.41) is 10.2. The molecular formula is C19H28N2O. The summed E-state index contributed by atoms with van der Waals surface area (Å²) in [6, 6.07) is 15.8. The molecule has 4 N–H and O–H groups in total. The summed E-state index contributed by atoms with van der Waals surface area (Å²) in [6.07, 6.45) is 1.62. The van der Waals surface area contributed by atoms with Gasteiger partial charge in [0.05, 0.1) is 5.54 Å². The molecule has 0 aromatic heterocycles. The molecule has 22 heavy (non-hydrogen) atoms. The zero-order chi connectivity index (χ0) is 16.6. The molecule has 2 aromatic rings. The molecule has 0 amide bonds. The Bertz CT molecular complexity index is 555. The molecule has 0 aliphatic heterocycles. The third-order valence-electron chi connectivity index (χ3n) is 4.10. The molecule has 2 rings (SSSR count). The molecule has 0 spiro atoms. The topological polar surface area (TPSA) is 58.3 Å². The number of phenolic OH excluding ortho intramolecular Hbond substituents is 1. The number of nitrogens with two attached hydrogens (primary N) is 1. The Kier molecular flexibility index (Phi) is 7.09. The third-order valence-corrected chi connectivity index (χ3v) is 4.10. The molecule has 0 aliphatic carbocycles. The summed E-state index contributed by atoms with van der Waals surface area (Å²) < 4.78 is 0. The van der Waals surface area contributed by atoms with Crippen molar-refractivity contribution in [2.75, 3.05) is 0 Å². The Balaban J connectivity index is 0.00000116. The van der Waals surface area contributed by atoms with Crippen molar-refractivity contribution in [1.82, 2.24) is 5.43 Å². The highest BCUT2D eigenvalue weighted by molar-refractivity contribution is 5.66. The van der Waals surface area contributed by atoms with Crippen LogP contribution in [0.1, 0.15) is 46.1 Å². The Morgan fingerprint density at radius 1 is 0.955 bits per heavy atom. The summed E-state index contributed by atoms with van der Waals surface area (Å²) >= 11 is 0. The van der Waals surface area contributed by atoms with E-state index in [2.05, 4.69) is 31.4 Å². The number of phenols is 1. The first-order valence-corrected chi connectivity index (χ1v) is 8.03. The Hall–Kier alpha value is -1.84. The van der Waals surface area contributed by atoms with Gasteiger partial charge in [0.15, 0.2) is 0 Å². The largest absolute Gasteiger partial charge is 0.508 e. The third kappa shape index (κ3) is 3.67. The van der Waals surface area contributed by atoms with Crippen molar-refractivity contribution >= 4 is 0 Å². The first-order valence-electron chi connectivity index (χ1n) is 8.03. The van der Waals surface area contributed by atoms with E-state index in [1.165, 1.54) is 0 Å². The normalized spacial score (nSPS) is 10.8. The fourth-order valence-electron chi connectivity index (χ4n) is 2.64. The lowest BCUT2D eigenvalue weighted by Gasteiger charge is -2.32. The molecule has 0 unspecified atom stereocenters. The van der Waals surface area contributed by atoms with Crippen LogP contribution in [0.5, 0.6) is 5.75 Å². The minimum absolute atomic E-state index is 0.284. The van der Waals surface area contributed by atoms with Crippen molar-refractivity contribution in [3.05, 3.63) is 54.1 Å². The van der Waals surface area contributed by atoms with Crippen LogP contribution in [0.2, 0.25) is 0 Å². The van der Waals surface area contributed by atoms with Crippen LogP contribution in [0, 0.1) is 0 Å². The maximum Gasteiger partial charge on any atom is 0.120 e. The van der Waals surface area contributed by atoms with Crippen LogP contribution in [-0.2, 0) is 5.54 Å². The Morgan fingerprint density at radius 2 is 1.55 bits per heavy atom. The van der Waals surface area contributed by atoms with Crippen molar-refractivity contribution in [2.45, 2.75) is 46.1 Å². The van der Waals surface area contributed by atoms with Crippen LogP contribution in [0.4, 0.5) is 0 Å². The van der Waals surface area contributed by atoms with Crippen LogP contribution in [-0.4, -0.2) is 5.11 Å². The predicted molar refractivity (Wildman–Crippen MR) is 94.5 cm³/mol. The monoisotopic (exact) mass is 300 g/mol. The molecule has 0 saturated carbocycles. The minimum atomic E-state index is -0.394. The lowest BCUT2D eigenvalue weighted by atomic mass is 9.83. The fourth-order valence-corrected chi connectivity index (χ4v) is 2.64. The number of rotatable bonds is 5. The molecule has 0 bridgehead atoms. The van der Waals surface area contributed by atoms with Gasteiger partial charge in [0.1, 0.15) is 5.75 Å². The lowest BCUT2D eigenvalue weighted by Crippen LogP contribution is -2.45. The van der Waals surface area contributed by atoms with Crippen LogP contribution < -0.4 is 11.3 Å². The van der Waals surface area contributed by atoms with Gasteiger partial charge in [-0.25, -0.2) is 5.43 Å². The van der Waals surface area contributed by atoms with Crippen LogP contribution >= 0.6 is 0 Å². The number of hydrogen-bond acceptors (Lipinski definition) is 3. The number of benzene rings is 2. The van der Waals surface area contributed by atoms with Gasteiger partial charge in [-0.2, -0.15) is 0 Å². The van der Waals surface area contributed by atoms with Gasteiger partial charge in [-0.05, 0) is 36.1 Å². The SMILES string of the molecule is CC.CCC(CC)(NN)c1cc(-c2ccccc2)ccc1O. The number of aromatic hydroxyl groups is 1. The van der Waals surface area contributed by atoms with E-state index in [1.807, 2.05) is 44.2 Å². The minimum Gasteiger partial charge on any atom is -0.508 e. The Labute approximate surface area is 134 Å². The van der Waals surface area contributed by atoms with Crippen molar-refractivity contribution in [2.24, 2.45) is 5.84 Å². The second-order valence-electron chi connectivity index (χ2n) is 5.03. The highest BCUT2D eigenvalue weighted by Crippen LogP contribution is 2.36. The van der Waals surface area contributed by atoms with Crippen molar-refractivity contribution in [3.63, 3.8) is 0 Å². The summed E-state index contributed by atoms with van der Waals surface area (Å²) in [7, 11) is 0. The quantitative estimate of drug-likeness (QED) is 0.560. The van der Waals surface area contributed by atoms with Gasteiger partial charge < -0.3 is 5.11 Å². The maximum atomic E-state index is 10.2. The summed E-state index contributed by atoms with van der Waals surface area (Å²) in [6.45, 7) is 8.13. The molecule has 2 aromatic carbocycles. The van der Waals surface area contributed by atoms with Gasteiger partial charge >= 0.3 is 0 Å². The average molecular weight is 300 g/mol. The van der Waals surface area contributed by atoms with Crippen LogP contribution in [0.3, 0.4) is 0 Å². The van der Waals surface area contributed by atoms with Gasteiger partial charge in [0, 0.05) is 5.56 Å². The van der Waals surface area contributed by atoms with Gasteiger partial charge in [0.2, 0.25) is 0 Å². The van der Waals surface area contributed by atoms with Crippen molar-refractivity contribution in [1.29, 1.82) is 0 Å². The Morgan fingerprint density at radius 3 is 2.05 bits per heavy atom. The smallest absolute Gasteiger partial charge is 0.120 e. The number of hydrazine groups is 1. The highest BCUT2D eigenvalue weighted by atomic mass is 16.3. The summed E-state index contributed by atoms with van der Waals surface area (Å²) in [5.74, 6) is 6.04. The standard InChI is InChI=1S/C17H22N2O.C2H6/c1-3-17(4-2,19-18)15-12-14(10-11-16(15)20)13-8-6-5-7-9-13;1-2/h5-12,19-20H,3-4,18H2,1-2H3;1-2H3. The van der Waals surface area contributed by atoms with E-state index in [0.29, 0.717) is 0 Å². The van der Waals surface area contributed by atoms with Gasteiger partial charge in [0.25, 0.3) is 0 Å². The molecule has 0 radical (unpaired) electrons. The van der Waals surface area contributed by atoms with E-state index < -0.39 is 5.54 Å². The first-order chi connectivity index (χ1) is 10.7. The molecular weight excluding hydrogens is 272 g/mol. The zero-order valence-corrected chi connectivity index (χ0v) is 14.1. The second-order valence-corrected chi connectivity index (χ2v) is 5.03. The highest BCUT2D eigenvalue weighted by Gasteiger charge is 2.29. The average Bonchev–Trinajstić information content (AvgIpc) is 2.61. The molecule has 3 nitrogen and oxygen atoms in total. The van der Waals surface area contributed by atoms with Gasteiger partial charge in [-0.1, -0.05) is 64.1 Å². The van der Waals surface area contributed by atoms with Gasteiger partial charge in [-0.3, -0.25) is 5.84 Å². The van der Waals surface area contributed by atoms with Crippen LogP contribution in [0.15, 0.2) is 48.5 Å². The zero-order valence-electron chi connectivity index (χ0n) is 14.1. The lowest BCUT2D eigenvalue weighted by molar-refractivity contribution is 0.301. The van der Waals surface area contributed by atoms with Crippen molar-refractivity contribution < 1.29 is 5.11 Å². The molecule has 0 aliphatic rings. The van der Waals surface area contributed by atoms with Crippen LogP contribution in [0.25, 0.3) is 11.1 Å².